The van der Waals surface area contributed by atoms with Crippen molar-refractivity contribution in [2.24, 2.45) is 0 Å². The maximum absolute atomic E-state index is 8.89. The van der Waals surface area contributed by atoms with Gasteiger partial charge in [0.15, 0.2) is 0 Å². The second-order valence-corrected chi connectivity index (χ2v) is 5.96. The highest BCUT2D eigenvalue weighted by Crippen LogP contribution is 2.27. The van der Waals surface area contributed by atoms with Crippen LogP contribution in [0.5, 0.6) is 0 Å². The fraction of sp³-hybridized carbons (Fsp3) is 0.235. The summed E-state index contributed by atoms with van der Waals surface area (Å²) in [6, 6.07) is 12.0. The first kappa shape index (κ1) is 14.5. The largest absolute Gasteiger partial charge is 0.352 e. The summed E-state index contributed by atoms with van der Waals surface area (Å²) in [6.07, 6.45) is 2.68. The van der Waals surface area contributed by atoms with E-state index in [9.17, 15) is 0 Å². The van der Waals surface area contributed by atoms with Crippen LogP contribution in [0, 0.1) is 11.3 Å². The lowest BCUT2D eigenvalue weighted by Crippen LogP contribution is -2.24. The Morgan fingerprint density at radius 1 is 1.18 bits per heavy atom. The predicted molar refractivity (Wildman–Crippen MR) is 89.9 cm³/mol. The Morgan fingerprint density at radius 2 is 2.00 bits per heavy atom. The van der Waals surface area contributed by atoms with Crippen LogP contribution in [0.15, 0.2) is 42.0 Å². The van der Waals surface area contributed by atoms with Crippen molar-refractivity contribution >= 4 is 27.4 Å². The van der Waals surface area contributed by atoms with E-state index in [0.29, 0.717) is 5.56 Å². The van der Waals surface area contributed by atoms with Gasteiger partial charge in [0.2, 0.25) is 0 Å². The second kappa shape index (κ2) is 6.54. The van der Waals surface area contributed by atoms with E-state index < -0.39 is 0 Å². The van der Waals surface area contributed by atoms with Crippen molar-refractivity contribution in [1.29, 1.82) is 5.26 Å². The van der Waals surface area contributed by atoms with Crippen LogP contribution in [0.25, 0.3) is 10.2 Å². The van der Waals surface area contributed by atoms with Gasteiger partial charge in [0.05, 0.1) is 17.0 Å². The summed E-state index contributed by atoms with van der Waals surface area (Å²) in [6.45, 7) is 3.88. The molecule has 0 N–H and O–H groups in total. The van der Waals surface area contributed by atoms with Crippen molar-refractivity contribution in [3.05, 3.63) is 53.2 Å². The van der Waals surface area contributed by atoms with E-state index in [0.717, 1.165) is 35.5 Å². The Hall–Kier alpha value is -2.45. The molecule has 0 aliphatic heterocycles. The van der Waals surface area contributed by atoms with E-state index in [1.54, 1.807) is 17.7 Å². The molecular weight excluding hydrogens is 292 g/mol. The first-order valence-corrected chi connectivity index (χ1v) is 8.12. The molecule has 110 valence electrons. The highest BCUT2D eigenvalue weighted by molar-refractivity contribution is 7.16. The van der Waals surface area contributed by atoms with Crippen LogP contribution in [-0.2, 0) is 6.54 Å². The summed E-state index contributed by atoms with van der Waals surface area (Å²) in [5, 5.41) is 12.0. The molecular formula is C17H16N4S. The lowest BCUT2D eigenvalue weighted by molar-refractivity contribution is 0.757. The SMILES string of the molecule is CCCN(Cc1ccc(C#N)cc1)c1ncnc2sccc12. The molecule has 0 bridgehead atoms. The van der Waals surface area contributed by atoms with Crippen LogP contribution in [-0.4, -0.2) is 16.5 Å². The average Bonchev–Trinajstić information content (AvgIpc) is 3.04. The number of anilines is 1. The fourth-order valence-electron chi connectivity index (χ4n) is 2.46. The third-order valence-corrected chi connectivity index (χ3v) is 4.31. The molecule has 0 fully saturated rings. The van der Waals surface area contributed by atoms with Gasteiger partial charge in [0.1, 0.15) is 17.0 Å². The van der Waals surface area contributed by atoms with Gasteiger partial charge in [-0.1, -0.05) is 19.1 Å². The van der Waals surface area contributed by atoms with E-state index in [2.05, 4.69) is 39.3 Å². The highest BCUT2D eigenvalue weighted by atomic mass is 32.1. The number of rotatable bonds is 5. The summed E-state index contributed by atoms with van der Waals surface area (Å²) in [5.41, 5.74) is 1.86. The Labute approximate surface area is 133 Å². The van der Waals surface area contributed by atoms with Gasteiger partial charge in [0, 0.05) is 13.1 Å². The van der Waals surface area contributed by atoms with Gasteiger partial charge in [-0.05, 0) is 35.6 Å². The standard InChI is InChI=1S/C17H16N4S/c1-2-8-21(11-14-5-3-13(10-18)4-6-14)16-15-7-9-22-17(15)20-12-19-16/h3-7,9,12H,2,8,11H2,1H3. The molecule has 0 radical (unpaired) electrons. The lowest BCUT2D eigenvalue weighted by Gasteiger charge is -2.23. The molecule has 5 heteroatoms. The van der Waals surface area contributed by atoms with Gasteiger partial charge in [0.25, 0.3) is 0 Å². The number of hydrogen-bond donors (Lipinski definition) is 0. The molecule has 0 spiro atoms. The highest BCUT2D eigenvalue weighted by Gasteiger charge is 2.13. The zero-order valence-corrected chi connectivity index (χ0v) is 13.2. The molecule has 2 aromatic heterocycles. The van der Waals surface area contributed by atoms with E-state index in [1.807, 2.05) is 24.3 Å². The molecule has 4 nitrogen and oxygen atoms in total. The zero-order valence-electron chi connectivity index (χ0n) is 12.4. The molecule has 0 saturated carbocycles. The minimum atomic E-state index is 0.688. The van der Waals surface area contributed by atoms with Crippen LogP contribution in [0.4, 0.5) is 5.82 Å². The van der Waals surface area contributed by atoms with Crippen molar-refractivity contribution in [1.82, 2.24) is 9.97 Å². The van der Waals surface area contributed by atoms with Crippen molar-refractivity contribution in [3.8, 4) is 6.07 Å². The molecule has 22 heavy (non-hydrogen) atoms. The minimum absolute atomic E-state index is 0.688. The quantitative estimate of drug-likeness (QED) is 0.715. The topological polar surface area (TPSA) is 52.8 Å². The molecule has 1 aromatic carbocycles. The van der Waals surface area contributed by atoms with E-state index >= 15 is 0 Å². The molecule has 2 heterocycles. The Balaban J connectivity index is 1.92. The summed E-state index contributed by atoms with van der Waals surface area (Å²) in [4.78, 5) is 12.1. The van der Waals surface area contributed by atoms with Crippen LogP contribution in [0.1, 0.15) is 24.5 Å². The Kier molecular flexibility index (Phi) is 4.31. The second-order valence-electron chi connectivity index (χ2n) is 5.07. The molecule has 0 aliphatic rings. The van der Waals surface area contributed by atoms with Crippen molar-refractivity contribution in [3.63, 3.8) is 0 Å². The molecule has 0 atom stereocenters. The van der Waals surface area contributed by atoms with Crippen molar-refractivity contribution < 1.29 is 0 Å². The first-order valence-electron chi connectivity index (χ1n) is 7.24. The van der Waals surface area contributed by atoms with Crippen LogP contribution >= 0.6 is 11.3 Å². The fourth-order valence-corrected chi connectivity index (χ4v) is 3.19. The molecule has 3 rings (SSSR count). The number of hydrogen-bond acceptors (Lipinski definition) is 5. The maximum Gasteiger partial charge on any atom is 0.141 e. The molecule has 3 aromatic rings. The summed E-state index contributed by atoms with van der Waals surface area (Å²) in [7, 11) is 0. The predicted octanol–water partition coefficient (Wildman–Crippen LogP) is 3.98. The van der Waals surface area contributed by atoms with E-state index in [-0.39, 0.29) is 0 Å². The lowest BCUT2D eigenvalue weighted by atomic mass is 10.1. The monoisotopic (exact) mass is 308 g/mol. The summed E-state index contributed by atoms with van der Waals surface area (Å²) < 4.78 is 0. The zero-order chi connectivity index (χ0) is 15.4. The third kappa shape index (κ3) is 2.92. The summed E-state index contributed by atoms with van der Waals surface area (Å²) in [5.74, 6) is 0.984. The normalized spacial score (nSPS) is 10.5. The number of benzene rings is 1. The van der Waals surface area contributed by atoms with E-state index in [4.69, 9.17) is 5.26 Å². The van der Waals surface area contributed by atoms with Crippen LogP contribution < -0.4 is 4.90 Å². The third-order valence-electron chi connectivity index (χ3n) is 3.49. The van der Waals surface area contributed by atoms with Crippen molar-refractivity contribution in [2.75, 3.05) is 11.4 Å². The average molecular weight is 308 g/mol. The summed E-state index contributed by atoms with van der Waals surface area (Å²) >= 11 is 1.63. The van der Waals surface area contributed by atoms with E-state index in [1.165, 1.54) is 5.56 Å². The molecule has 0 unspecified atom stereocenters. The van der Waals surface area contributed by atoms with Gasteiger partial charge in [-0.25, -0.2) is 9.97 Å². The van der Waals surface area contributed by atoms with Gasteiger partial charge < -0.3 is 4.90 Å². The first-order chi connectivity index (χ1) is 10.8. The van der Waals surface area contributed by atoms with Crippen LogP contribution in [0.2, 0.25) is 0 Å². The number of nitriles is 1. The van der Waals surface area contributed by atoms with Gasteiger partial charge >= 0.3 is 0 Å². The molecule has 0 saturated heterocycles. The number of thiophene rings is 1. The maximum atomic E-state index is 8.89. The van der Waals surface area contributed by atoms with Gasteiger partial charge in [-0.2, -0.15) is 5.26 Å². The minimum Gasteiger partial charge on any atom is -0.352 e. The molecule has 0 aliphatic carbocycles. The van der Waals surface area contributed by atoms with Crippen molar-refractivity contribution in [2.45, 2.75) is 19.9 Å². The molecule has 0 amide bonds. The van der Waals surface area contributed by atoms with Gasteiger partial charge in [-0.15, -0.1) is 11.3 Å². The number of fused-ring (bicyclic) bond motifs is 1. The number of nitrogens with zero attached hydrogens (tertiary/aromatic N) is 4. The number of aromatic nitrogens is 2. The van der Waals surface area contributed by atoms with Gasteiger partial charge in [-0.3, -0.25) is 0 Å². The Bertz CT molecular complexity index is 801. The van der Waals surface area contributed by atoms with Crippen LogP contribution in [0.3, 0.4) is 0 Å². The Morgan fingerprint density at radius 3 is 2.73 bits per heavy atom. The smallest absolute Gasteiger partial charge is 0.141 e.